The second-order valence-electron chi connectivity index (χ2n) is 6.28. The highest BCUT2D eigenvalue weighted by Gasteiger charge is 2.63. The average Bonchev–Trinajstić information content (AvgIpc) is 3.02. The summed E-state index contributed by atoms with van der Waals surface area (Å²) in [7, 11) is 0. The quantitative estimate of drug-likeness (QED) is 0.838. The number of nitrogens with one attached hydrogen (secondary N) is 1. The molecule has 3 aliphatic rings. The van der Waals surface area contributed by atoms with E-state index < -0.39 is 0 Å². The van der Waals surface area contributed by atoms with E-state index in [9.17, 15) is 9.59 Å². The van der Waals surface area contributed by atoms with Crippen LogP contribution >= 0.6 is 0 Å². The summed E-state index contributed by atoms with van der Waals surface area (Å²) < 4.78 is 5.37. The number of carbonyl (C=O) groups is 2. The molecule has 1 N–H and O–H groups in total. The molecule has 0 spiro atoms. The highest BCUT2D eigenvalue weighted by Crippen LogP contribution is 2.57. The molecular weight excluding hydrogens is 254 g/mol. The molecule has 1 saturated heterocycles. The summed E-state index contributed by atoms with van der Waals surface area (Å²) >= 11 is 0. The summed E-state index contributed by atoms with van der Waals surface area (Å²) in [5.41, 5.74) is 1.96. The van der Waals surface area contributed by atoms with Gasteiger partial charge in [-0.3, -0.25) is 9.59 Å². The number of esters is 1. The van der Waals surface area contributed by atoms with Crippen LogP contribution in [0.1, 0.15) is 18.4 Å². The lowest BCUT2D eigenvalue weighted by atomic mass is 9.79. The molecule has 0 aromatic heterocycles. The fourth-order valence-electron chi connectivity index (χ4n) is 4.23. The fourth-order valence-corrected chi connectivity index (χ4v) is 4.23. The Labute approximate surface area is 117 Å². The summed E-state index contributed by atoms with van der Waals surface area (Å²) in [5, 5.41) is 2.95. The van der Waals surface area contributed by atoms with Crippen LogP contribution in [0.15, 0.2) is 24.3 Å². The van der Waals surface area contributed by atoms with E-state index in [1.807, 2.05) is 31.2 Å². The lowest BCUT2D eigenvalue weighted by Crippen LogP contribution is -2.35. The van der Waals surface area contributed by atoms with Gasteiger partial charge in [0.25, 0.3) is 0 Å². The van der Waals surface area contributed by atoms with Crippen LogP contribution in [-0.2, 0) is 14.3 Å². The van der Waals surface area contributed by atoms with E-state index >= 15 is 0 Å². The van der Waals surface area contributed by atoms with E-state index in [1.54, 1.807) is 0 Å². The van der Waals surface area contributed by atoms with Crippen LogP contribution in [-0.4, -0.2) is 18.0 Å². The molecule has 1 amide bonds. The number of amides is 1. The van der Waals surface area contributed by atoms with Crippen molar-refractivity contribution in [1.29, 1.82) is 0 Å². The third kappa shape index (κ3) is 1.60. The predicted octanol–water partition coefficient (Wildman–Crippen LogP) is 2.13. The maximum Gasteiger partial charge on any atom is 0.310 e. The van der Waals surface area contributed by atoms with E-state index in [0.717, 1.165) is 24.1 Å². The first-order chi connectivity index (χ1) is 9.63. The van der Waals surface area contributed by atoms with Gasteiger partial charge in [0.15, 0.2) is 0 Å². The Morgan fingerprint density at radius 1 is 1.25 bits per heavy atom. The van der Waals surface area contributed by atoms with E-state index in [-0.39, 0.29) is 35.7 Å². The van der Waals surface area contributed by atoms with Crippen molar-refractivity contribution in [3.8, 4) is 0 Å². The maximum absolute atomic E-state index is 12.5. The third-order valence-corrected chi connectivity index (χ3v) is 5.11. The minimum Gasteiger partial charge on any atom is -0.462 e. The standard InChI is InChI=1S/C16H17NO3/c1-8-2-4-10(5-3-8)17-15(18)13-9-6-11-12(7-9)20-16(19)14(11)13/h2-5,9,11-14H,6-7H2,1H3,(H,17,18)/t9-,11+,12-,13+,14+/m1/s1. The first kappa shape index (κ1) is 11.9. The van der Waals surface area contributed by atoms with Crippen LogP contribution < -0.4 is 5.32 Å². The maximum atomic E-state index is 12.5. The number of aryl methyl sites for hydroxylation is 1. The predicted molar refractivity (Wildman–Crippen MR) is 72.9 cm³/mol. The summed E-state index contributed by atoms with van der Waals surface area (Å²) in [4.78, 5) is 24.4. The van der Waals surface area contributed by atoms with E-state index in [2.05, 4.69) is 5.32 Å². The van der Waals surface area contributed by atoms with Gasteiger partial charge in [-0.15, -0.1) is 0 Å². The normalized spacial score (nSPS) is 37.0. The van der Waals surface area contributed by atoms with Gasteiger partial charge in [-0.1, -0.05) is 17.7 Å². The van der Waals surface area contributed by atoms with Crippen molar-refractivity contribution in [2.45, 2.75) is 25.9 Å². The van der Waals surface area contributed by atoms with Crippen LogP contribution in [0.5, 0.6) is 0 Å². The molecule has 4 nitrogen and oxygen atoms in total. The van der Waals surface area contributed by atoms with Gasteiger partial charge in [-0.25, -0.2) is 0 Å². The Kier molecular flexibility index (Phi) is 2.43. The molecule has 0 unspecified atom stereocenters. The van der Waals surface area contributed by atoms with E-state index in [1.165, 1.54) is 0 Å². The van der Waals surface area contributed by atoms with Crippen molar-refractivity contribution < 1.29 is 14.3 Å². The van der Waals surface area contributed by atoms with Gasteiger partial charge in [0.1, 0.15) is 6.10 Å². The largest absolute Gasteiger partial charge is 0.462 e. The van der Waals surface area contributed by atoms with Gasteiger partial charge in [0.2, 0.25) is 5.91 Å². The molecule has 1 aromatic rings. The zero-order chi connectivity index (χ0) is 13.9. The third-order valence-electron chi connectivity index (χ3n) is 5.11. The van der Waals surface area contributed by atoms with Crippen LogP contribution in [0.4, 0.5) is 5.69 Å². The molecule has 0 radical (unpaired) electrons. The molecule has 1 heterocycles. The molecule has 2 bridgehead atoms. The Hall–Kier alpha value is -1.84. The molecule has 20 heavy (non-hydrogen) atoms. The molecule has 104 valence electrons. The van der Waals surface area contributed by atoms with E-state index in [4.69, 9.17) is 4.74 Å². The van der Waals surface area contributed by atoms with Gasteiger partial charge in [0, 0.05) is 11.6 Å². The summed E-state index contributed by atoms with van der Waals surface area (Å²) in [6.07, 6.45) is 1.91. The Bertz CT molecular complexity index is 578. The van der Waals surface area contributed by atoms with Crippen LogP contribution in [0.25, 0.3) is 0 Å². The number of hydrogen-bond acceptors (Lipinski definition) is 3. The molecule has 4 rings (SSSR count). The molecule has 3 fully saturated rings. The SMILES string of the molecule is Cc1ccc(NC(=O)[C@H]2[C@@H]3C[C@@H]4[C@@H]2C(=O)O[C@@H]4C3)cc1. The lowest BCUT2D eigenvalue weighted by molar-refractivity contribution is -0.145. The monoisotopic (exact) mass is 271 g/mol. The van der Waals surface area contributed by atoms with Gasteiger partial charge in [-0.05, 0) is 37.8 Å². The molecule has 1 aliphatic heterocycles. The topological polar surface area (TPSA) is 55.4 Å². The minimum atomic E-state index is -0.204. The van der Waals surface area contributed by atoms with Crippen LogP contribution in [0, 0.1) is 30.6 Å². The summed E-state index contributed by atoms with van der Waals surface area (Å²) in [5.74, 6) is -0.00220. The first-order valence-corrected chi connectivity index (χ1v) is 7.21. The Morgan fingerprint density at radius 2 is 2.00 bits per heavy atom. The lowest BCUT2D eigenvalue weighted by Gasteiger charge is -2.23. The number of rotatable bonds is 2. The van der Waals surface area contributed by atoms with Crippen molar-refractivity contribution in [3.05, 3.63) is 29.8 Å². The van der Waals surface area contributed by atoms with Crippen molar-refractivity contribution in [3.63, 3.8) is 0 Å². The van der Waals surface area contributed by atoms with Crippen molar-refractivity contribution in [1.82, 2.24) is 0 Å². The number of hydrogen-bond donors (Lipinski definition) is 1. The highest BCUT2D eigenvalue weighted by atomic mass is 16.6. The smallest absolute Gasteiger partial charge is 0.310 e. The highest BCUT2D eigenvalue weighted by molar-refractivity contribution is 5.96. The number of ether oxygens (including phenoxy) is 1. The second kappa shape index (κ2) is 4.08. The first-order valence-electron chi connectivity index (χ1n) is 7.21. The van der Waals surface area contributed by atoms with Gasteiger partial charge in [-0.2, -0.15) is 0 Å². The molecular formula is C16H17NO3. The number of carbonyl (C=O) groups excluding carboxylic acids is 2. The molecule has 2 aliphatic carbocycles. The molecule has 5 atom stereocenters. The Morgan fingerprint density at radius 3 is 2.75 bits per heavy atom. The van der Waals surface area contributed by atoms with Crippen LogP contribution in [0.3, 0.4) is 0 Å². The molecule has 1 aromatic carbocycles. The van der Waals surface area contributed by atoms with E-state index in [0.29, 0.717) is 5.92 Å². The molecule has 4 heteroatoms. The zero-order valence-corrected chi connectivity index (χ0v) is 11.3. The van der Waals surface area contributed by atoms with Gasteiger partial charge >= 0.3 is 5.97 Å². The number of anilines is 1. The van der Waals surface area contributed by atoms with Crippen molar-refractivity contribution >= 4 is 17.6 Å². The van der Waals surface area contributed by atoms with Crippen molar-refractivity contribution in [2.75, 3.05) is 5.32 Å². The minimum absolute atomic E-state index is 0.0244. The summed E-state index contributed by atoms with van der Waals surface area (Å²) in [6.45, 7) is 2.01. The molecule has 2 saturated carbocycles. The van der Waals surface area contributed by atoms with Crippen molar-refractivity contribution in [2.24, 2.45) is 23.7 Å². The number of fused-ring (bicyclic) bond motifs is 1. The summed E-state index contributed by atoms with van der Waals surface area (Å²) in [6, 6.07) is 7.74. The average molecular weight is 271 g/mol. The Balaban J connectivity index is 1.54. The van der Waals surface area contributed by atoms with Gasteiger partial charge < -0.3 is 10.1 Å². The van der Waals surface area contributed by atoms with Crippen LogP contribution in [0.2, 0.25) is 0 Å². The second-order valence-corrected chi connectivity index (χ2v) is 6.28. The fraction of sp³-hybridized carbons (Fsp3) is 0.500. The van der Waals surface area contributed by atoms with Gasteiger partial charge in [0.05, 0.1) is 11.8 Å². The number of benzene rings is 1. The zero-order valence-electron chi connectivity index (χ0n) is 11.3.